The van der Waals surface area contributed by atoms with Crippen LogP contribution in [0.2, 0.25) is 0 Å². The summed E-state index contributed by atoms with van der Waals surface area (Å²) in [5.74, 6) is -3.12. The van der Waals surface area contributed by atoms with E-state index in [9.17, 15) is 37.8 Å². The molecule has 0 saturated carbocycles. The van der Waals surface area contributed by atoms with Gasteiger partial charge in [0, 0.05) is 34.4 Å². The number of phenols is 2. The standard InChI is InChI=1S/C31H23F3N2O5.BrH/c32-31(33,34)19-9-7-18(8-10-19)16-36-13-11-17(12-14-36)3-1-4-20-22(30(35)41)15-24(38)27-26(20)28(39)21-5-2-6-23(37)25(21)29(27)40;/h2,5-15H,1,3-4,16H2,(H3-,35,37,38,40,41);1H. The van der Waals surface area contributed by atoms with Gasteiger partial charge in [-0.1, -0.05) is 24.3 Å². The zero-order valence-corrected chi connectivity index (χ0v) is 23.5. The number of alkyl halides is 3. The van der Waals surface area contributed by atoms with Gasteiger partial charge in [0.2, 0.25) is 11.7 Å². The Balaban J connectivity index is 0.00000405. The van der Waals surface area contributed by atoms with Crippen LogP contribution in [0, 0.1) is 0 Å². The summed E-state index contributed by atoms with van der Waals surface area (Å²) in [7, 11) is 0. The highest BCUT2D eigenvalue weighted by Gasteiger charge is 2.37. The van der Waals surface area contributed by atoms with E-state index in [4.69, 9.17) is 5.73 Å². The van der Waals surface area contributed by atoms with E-state index in [1.165, 1.54) is 30.3 Å². The molecule has 216 valence electrons. The fourth-order valence-electron chi connectivity index (χ4n) is 5.14. The quantitative estimate of drug-likeness (QED) is 0.233. The molecule has 1 heterocycles. The summed E-state index contributed by atoms with van der Waals surface area (Å²) in [6, 6.07) is 13.9. The molecule has 1 aliphatic carbocycles. The fourth-order valence-corrected chi connectivity index (χ4v) is 5.14. The number of pyridine rings is 1. The molecule has 0 saturated heterocycles. The zero-order valence-electron chi connectivity index (χ0n) is 21.9. The fraction of sp³-hybridized carbons (Fsp3) is 0.161. The highest BCUT2D eigenvalue weighted by Crippen LogP contribution is 2.40. The zero-order chi connectivity index (χ0) is 29.5. The van der Waals surface area contributed by atoms with E-state index < -0.39 is 35.0 Å². The molecule has 4 N–H and O–H groups in total. The number of nitrogens with two attached hydrogens (primary N) is 1. The van der Waals surface area contributed by atoms with E-state index >= 15 is 0 Å². The molecule has 5 rings (SSSR count). The smallest absolute Gasteiger partial charge is 0.416 e. The number of amides is 1. The highest BCUT2D eigenvalue weighted by atomic mass is 79.9. The molecule has 4 aromatic rings. The molecule has 42 heavy (non-hydrogen) atoms. The van der Waals surface area contributed by atoms with Crippen LogP contribution in [0.25, 0.3) is 0 Å². The van der Waals surface area contributed by atoms with Crippen molar-refractivity contribution in [3.05, 3.63) is 123 Å². The van der Waals surface area contributed by atoms with Crippen molar-refractivity contribution in [3.63, 3.8) is 0 Å². The minimum absolute atomic E-state index is 0. The Labute approximate surface area is 248 Å². The van der Waals surface area contributed by atoms with E-state index in [0.717, 1.165) is 23.8 Å². The number of hydrogen-bond acceptors (Lipinski definition) is 5. The van der Waals surface area contributed by atoms with E-state index in [1.807, 2.05) is 16.7 Å². The number of ketones is 2. The summed E-state index contributed by atoms with van der Waals surface area (Å²) in [6.07, 6.45) is 0.421. The lowest BCUT2D eigenvalue weighted by molar-refractivity contribution is -0.688. The third-order valence-electron chi connectivity index (χ3n) is 7.15. The maximum atomic E-state index is 13.5. The Morgan fingerprint density at radius 1 is 0.810 bits per heavy atom. The van der Waals surface area contributed by atoms with Crippen molar-refractivity contribution in [2.75, 3.05) is 0 Å². The first-order chi connectivity index (χ1) is 19.5. The van der Waals surface area contributed by atoms with Gasteiger partial charge in [0.05, 0.1) is 16.7 Å². The third kappa shape index (κ3) is 5.78. The Morgan fingerprint density at radius 2 is 1.48 bits per heavy atom. The van der Waals surface area contributed by atoms with Gasteiger partial charge in [0.1, 0.15) is 11.5 Å². The number of carbonyl (C=O) groups is 3. The normalized spacial score (nSPS) is 12.4. The molecule has 11 heteroatoms. The Bertz CT molecular complexity index is 1700. The van der Waals surface area contributed by atoms with Gasteiger partial charge >= 0.3 is 6.18 Å². The van der Waals surface area contributed by atoms with Gasteiger partial charge in [0.15, 0.2) is 24.7 Å². The van der Waals surface area contributed by atoms with E-state index in [1.54, 1.807) is 12.4 Å². The predicted octanol–water partition coefficient (Wildman–Crippen LogP) is 1.51. The van der Waals surface area contributed by atoms with E-state index in [2.05, 4.69) is 0 Å². The first kappa shape index (κ1) is 30.4. The number of halogens is 4. The number of fused-ring (bicyclic) bond motifs is 2. The highest BCUT2D eigenvalue weighted by molar-refractivity contribution is 6.31. The van der Waals surface area contributed by atoms with Gasteiger partial charge in [-0.3, -0.25) is 14.4 Å². The van der Waals surface area contributed by atoms with Crippen LogP contribution in [-0.4, -0.2) is 27.7 Å². The van der Waals surface area contributed by atoms with E-state index in [0.29, 0.717) is 24.9 Å². The summed E-state index contributed by atoms with van der Waals surface area (Å²) < 4.78 is 40.2. The molecule has 0 spiro atoms. The number of primary amides is 1. The largest absolute Gasteiger partial charge is 1.00 e. The number of aromatic nitrogens is 1. The molecule has 3 aromatic carbocycles. The second-order valence-electron chi connectivity index (χ2n) is 9.82. The molecular formula is C31H24BrF3N2O5. The topological polar surface area (TPSA) is 122 Å². The Morgan fingerprint density at radius 3 is 2.10 bits per heavy atom. The minimum atomic E-state index is -4.39. The summed E-state index contributed by atoms with van der Waals surface area (Å²) in [4.78, 5) is 38.9. The monoisotopic (exact) mass is 640 g/mol. The number of carbonyl (C=O) groups excluding carboxylic acids is 3. The van der Waals surface area contributed by atoms with Crippen LogP contribution in [0.15, 0.2) is 73.1 Å². The molecule has 1 amide bonds. The van der Waals surface area contributed by atoms with Crippen LogP contribution in [0.5, 0.6) is 11.5 Å². The van der Waals surface area contributed by atoms with Gasteiger partial charge in [-0.25, -0.2) is 4.57 Å². The van der Waals surface area contributed by atoms with Crippen LogP contribution >= 0.6 is 0 Å². The molecule has 0 aliphatic heterocycles. The maximum absolute atomic E-state index is 13.5. The van der Waals surface area contributed by atoms with Crippen molar-refractivity contribution in [1.29, 1.82) is 0 Å². The van der Waals surface area contributed by atoms with Crippen LogP contribution < -0.4 is 27.3 Å². The number of rotatable bonds is 7. The predicted molar refractivity (Wildman–Crippen MR) is 141 cm³/mol. The minimum Gasteiger partial charge on any atom is -1.00 e. The molecular weight excluding hydrogens is 617 g/mol. The SMILES string of the molecule is NC(=O)c1cc(O)c2c(c1CCCc1cc[n+](Cc3ccc(C(F)(F)F)cc3)cc1)C(=O)c1cccc(O)c1C2=O.[Br-]. The van der Waals surface area contributed by atoms with Gasteiger partial charge < -0.3 is 32.9 Å². The Kier molecular flexibility index (Phi) is 8.53. The van der Waals surface area contributed by atoms with E-state index in [-0.39, 0.29) is 62.5 Å². The Hall–Kier alpha value is -4.51. The van der Waals surface area contributed by atoms with Crippen molar-refractivity contribution in [3.8, 4) is 11.5 Å². The molecule has 0 unspecified atom stereocenters. The maximum Gasteiger partial charge on any atom is 0.416 e. The van der Waals surface area contributed by atoms with Crippen molar-refractivity contribution in [2.45, 2.75) is 32.0 Å². The number of nitrogens with zero attached hydrogens (tertiary/aromatic N) is 1. The first-order valence-corrected chi connectivity index (χ1v) is 12.7. The molecule has 0 radical (unpaired) electrons. The molecule has 7 nitrogen and oxygen atoms in total. The average molecular weight is 641 g/mol. The molecule has 0 bridgehead atoms. The number of benzene rings is 3. The lowest BCUT2D eigenvalue weighted by atomic mass is 9.78. The van der Waals surface area contributed by atoms with Gasteiger partial charge in [0.25, 0.3) is 0 Å². The van der Waals surface area contributed by atoms with Crippen molar-refractivity contribution in [1.82, 2.24) is 0 Å². The second-order valence-corrected chi connectivity index (χ2v) is 9.82. The molecule has 0 atom stereocenters. The van der Waals surface area contributed by atoms with Gasteiger partial charge in [-0.2, -0.15) is 13.2 Å². The summed E-state index contributed by atoms with van der Waals surface area (Å²) >= 11 is 0. The summed E-state index contributed by atoms with van der Waals surface area (Å²) in [5.41, 5.74) is 6.10. The number of hydrogen-bond donors (Lipinski definition) is 3. The molecule has 1 aliphatic rings. The van der Waals surface area contributed by atoms with Crippen LogP contribution in [0.3, 0.4) is 0 Å². The first-order valence-electron chi connectivity index (χ1n) is 12.7. The average Bonchev–Trinajstić information content (AvgIpc) is 2.92. The van der Waals surface area contributed by atoms with Gasteiger partial charge in [-0.15, -0.1) is 0 Å². The van der Waals surface area contributed by atoms with Crippen molar-refractivity contribution in [2.24, 2.45) is 5.73 Å². The summed E-state index contributed by atoms with van der Waals surface area (Å²) in [5, 5.41) is 20.8. The second kappa shape index (κ2) is 11.8. The van der Waals surface area contributed by atoms with Crippen LogP contribution in [0.1, 0.15) is 70.9 Å². The van der Waals surface area contributed by atoms with Gasteiger partial charge in [-0.05, 0) is 54.7 Å². The van der Waals surface area contributed by atoms with Crippen molar-refractivity contribution < 1.29 is 59.3 Å². The van der Waals surface area contributed by atoms with Crippen LogP contribution in [0.4, 0.5) is 13.2 Å². The third-order valence-corrected chi connectivity index (χ3v) is 7.15. The summed E-state index contributed by atoms with van der Waals surface area (Å²) in [6.45, 7) is 0.382. The lowest BCUT2D eigenvalue weighted by Crippen LogP contribution is -3.00. The number of aromatic hydroxyl groups is 2. The molecule has 0 fully saturated rings. The van der Waals surface area contributed by atoms with Crippen LogP contribution in [-0.2, 0) is 25.6 Å². The van der Waals surface area contributed by atoms with Crippen molar-refractivity contribution >= 4 is 17.5 Å². The number of phenolic OH excluding ortho intramolecular Hbond substituents is 2. The lowest BCUT2D eigenvalue weighted by Gasteiger charge is -2.23. The molecule has 1 aromatic heterocycles. The number of aryl methyl sites for hydroxylation is 1.